The van der Waals surface area contributed by atoms with Gasteiger partial charge in [-0.25, -0.2) is 0 Å². The van der Waals surface area contributed by atoms with Crippen molar-refractivity contribution in [3.8, 4) is 5.75 Å². The summed E-state index contributed by atoms with van der Waals surface area (Å²) in [5, 5.41) is 14.9. The number of likely N-dealkylation sites (tertiary alicyclic amines) is 1. The number of rotatable bonds is 11. The third-order valence-electron chi connectivity index (χ3n) is 5.23. The van der Waals surface area contributed by atoms with Crippen LogP contribution in [0.3, 0.4) is 0 Å². The fourth-order valence-corrected chi connectivity index (χ4v) is 4.28. The number of methoxy groups -OCH3 is 1. The van der Waals surface area contributed by atoms with Crippen molar-refractivity contribution >= 4 is 28.8 Å². The Morgan fingerprint density at radius 3 is 2.61 bits per heavy atom. The molecule has 0 aliphatic carbocycles. The highest BCUT2D eigenvalue weighted by Crippen LogP contribution is 2.18. The van der Waals surface area contributed by atoms with Crippen LogP contribution < -0.4 is 15.4 Å². The van der Waals surface area contributed by atoms with Crippen LogP contribution in [0.5, 0.6) is 5.75 Å². The molecule has 1 aliphatic rings. The molecule has 2 aromatic rings. The summed E-state index contributed by atoms with van der Waals surface area (Å²) in [7, 11) is 1.59. The van der Waals surface area contributed by atoms with Gasteiger partial charge in [-0.15, -0.1) is 10.2 Å². The van der Waals surface area contributed by atoms with Gasteiger partial charge in [0.1, 0.15) is 10.8 Å². The first kappa shape index (κ1) is 23.1. The van der Waals surface area contributed by atoms with Crippen molar-refractivity contribution in [3.05, 3.63) is 34.3 Å². The number of ether oxygens (including phenoxy) is 1. The quantitative estimate of drug-likeness (QED) is 0.516. The number of amides is 2. The van der Waals surface area contributed by atoms with E-state index in [1.807, 2.05) is 0 Å². The molecule has 1 saturated heterocycles. The molecule has 0 atom stereocenters. The molecule has 3 rings (SSSR count). The molecular formula is C22H31N5O3S. The first-order valence-electron chi connectivity index (χ1n) is 10.9. The predicted octanol–water partition coefficient (Wildman–Crippen LogP) is 3.11. The number of aryl methyl sites for hydroxylation is 1. The summed E-state index contributed by atoms with van der Waals surface area (Å²) >= 11 is 1.26. The lowest BCUT2D eigenvalue weighted by Crippen LogP contribution is -2.33. The Labute approximate surface area is 187 Å². The van der Waals surface area contributed by atoms with Gasteiger partial charge in [0.2, 0.25) is 10.9 Å². The summed E-state index contributed by atoms with van der Waals surface area (Å²) in [6.07, 6.45) is 6.70. The van der Waals surface area contributed by atoms with Crippen LogP contribution in [0.2, 0.25) is 0 Å². The highest BCUT2D eigenvalue weighted by molar-refractivity contribution is 7.13. The average molecular weight is 446 g/mol. The molecule has 31 heavy (non-hydrogen) atoms. The number of anilines is 1. The third kappa shape index (κ3) is 7.91. The van der Waals surface area contributed by atoms with Crippen molar-refractivity contribution in [3.63, 3.8) is 0 Å². The van der Waals surface area contributed by atoms with E-state index in [1.54, 1.807) is 31.4 Å². The van der Waals surface area contributed by atoms with E-state index >= 15 is 0 Å². The fourth-order valence-electron chi connectivity index (χ4n) is 3.51. The zero-order valence-electron chi connectivity index (χ0n) is 18.1. The molecule has 1 aromatic heterocycles. The van der Waals surface area contributed by atoms with Gasteiger partial charge in [0.25, 0.3) is 5.91 Å². The highest BCUT2D eigenvalue weighted by atomic mass is 32.1. The molecule has 1 aliphatic heterocycles. The molecule has 2 N–H and O–H groups in total. The Balaban J connectivity index is 1.31. The molecule has 2 amide bonds. The fraction of sp³-hybridized carbons (Fsp3) is 0.545. The number of carbonyl (C=O) groups excluding carboxylic acids is 2. The van der Waals surface area contributed by atoms with E-state index in [-0.39, 0.29) is 11.8 Å². The van der Waals surface area contributed by atoms with E-state index in [1.165, 1.54) is 43.7 Å². The van der Waals surface area contributed by atoms with E-state index in [2.05, 4.69) is 25.7 Å². The van der Waals surface area contributed by atoms with Crippen LogP contribution in [-0.4, -0.2) is 60.2 Å². The number of hydrogen-bond acceptors (Lipinski definition) is 7. The van der Waals surface area contributed by atoms with E-state index in [0.29, 0.717) is 30.0 Å². The lowest BCUT2D eigenvalue weighted by Gasteiger charge is -2.26. The summed E-state index contributed by atoms with van der Waals surface area (Å²) in [6.45, 7) is 4.17. The standard InChI is InChI=1S/C22H31N5O3S/c1-30-18-11-9-17(10-12-18)24-21(29)22-26-25-20(31-22)8-5-7-19(28)23-13-6-16-27-14-3-2-4-15-27/h9-12H,2-8,13-16H2,1H3,(H,23,28)(H,24,29). The molecule has 0 spiro atoms. The van der Waals surface area contributed by atoms with Crippen LogP contribution in [0, 0.1) is 0 Å². The second-order valence-corrected chi connectivity index (χ2v) is 8.71. The number of nitrogens with one attached hydrogen (secondary N) is 2. The molecular weight excluding hydrogens is 414 g/mol. The lowest BCUT2D eigenvalue weighted by atomic mass is 10.1. The zero-order chi connectivity index (χ0) is 21.9. The van der Waals surface area contributed by atoms with Crippen LogP contribution in [0.25, 0.3) is 0 Å². The number of benzene rings is 1. The van der Waals surface area contributed by atoms with Crippen molar-refractivity contribution in [2.24, 2.45) is 0 Å². The van der Waals surface area contributed by atoms with Gasteiger partial charge in [0.15, 0.2) is 0 Å². The predicted molar refractivity (Wildman–Crippen MR) is 122 cm³/mol. The zero-order valence-corrected chi connectivity index (χ0v) is 18.9. The summed E-state index contributed by atoms with van der Waals surface area (Å²) in [5.74, 6) is 0.503. The Kier molecular flexibility index (Phi) is 9.23. The minimum absolute atomic E-state index is 0.0700. The molecule has 0 saturated carbocycles. The maximum Gasteiger partial charge on any atom is 0.286 e. The number of carbonyl (C=O) groups is 2. The van der Waals surface area contributed by atoms with Crippen molar-refractivity contribution in [2.75, 3.05) is 38.6 Å². The molecule has 0 radical (unpaired) electrons. The van der Waals surface area contributed by atoms with Crippen LogP contribution in [0.4, 0.5) is 5.69 Å². The number of nitrogens with zero attached hydrogens (tertiary/aromatic N) is 3. The van der Waals surface area contributed by atoms with E-state index < -0.39 is 0 Å². The van der Waals surface area contributed by atoms with Crippen molar-refractivity contribution in [1.82, 2.24) is 20.4 Å². The van der Waals surface area contributed by atoms with Gasteiger partial charge in [0, 0.05) is 25.1 Å². The molecule has 9 heteroatoms. The van der Waals surface area contributed by atoms with E-state index in [0.717, 1.165) is 30.3 Å². The first-order chi connectivity index (χ1) is 15.1. The second-order valence-electron chi connectivity index (χ2n) is 7.64. The topological polar surface area (TPSA) is 96.5 Å². The largest absolute Gasteiger partial charge is 0.497 e. The summed E-state index contributed by atoms with van der Waals surface area (Å²) in [5.41, 5.74) is 0.666. The normalized spacial score (nSPS) is 14.2. The van der Waals surface area contributed by atoms with Crippen LogP contribution in [0.1, 0.15) is 53.3 Å². The Morgan fingerprint density at radius 2 is 1.87 bits per heavy atom. The van der Waals surface area contributed by atoms with Crippen molar-refractivity contribution in [1.29, 1.82) is 0 Å². The van der Waals surface area contributed by atoms with Crippen LogP contribution >= 0.6 is 11.3 Å². The van der Waals surface area contributed by atoms with Gasteiger partial charge in [-0.2, -0.15) is 0 Å². The van der Waals surface area contributed by atoms with E-state index in [4.69, 9.17) is 4.74 Å². The van der Waals surface area contributed by atoms with Gasteiger partial charge >= 0.3 is 0 Å². The van der Waals surface area contributed by atoms with Crippen LogP contribution in [0.15, 0.2) is 24.3 Å². The lowest BCUT2D eigenvalue weighted by molar-refractivity contribution is -0.121. The molecule has 0 unspecified atom stereocenters. The van der Waals surface area contributed by atoms with E-state index in [9.17, 15) is 9.59 Å². The highest BCUT2D eigenvalue weighted by Gasteiger charge is 2.14. The van der Waals surface area contributed by atoms with Gasteiger partial charge in [-0.3, -0.25) is 9.59 Å². The maximum atomic E-state index is 12.3. The van der Waals surface area contributed by atoms with Gasteiger partial charge in [-0.05, 0) is 69.6 Å². The average Bonchev–Trinajstić information content (AvgIpc) is 3.27. The minimum atomic E-state index is -0.291. The number of hydrogen-bond donors (Lipinski definition) is 2. The SMILES string of the molecule is COc1ccc(NC(=O)c2nnc(CCCC(=O)NCCCN3CCCCC3)s2)cc1. The Bertz CT molecular complexity index is 834. The monoisotopic (exact) mass is 445 g/mol. The van der Waals surface area contributed by atoms with Crippen molar-refractivity contribution in [2.45, 2.75) is 44.9 Å². The van der Waals surface area contributed by atoms with Gasteiger partial charge in [-0.1, -0.05) is 17.8 Å². The summed E-state index contributed by atoms with van der Waals surface area (Å²) < 4.78 is 5.11. The van der Waals surface area contributed by atoms with Crippen LogP contribution in [-0.2, 0) is 11.2 Å². The minimum Gasteiger partial charge on any atom is -0.497 e. The van der Waals surface area contributed by atoms with Gasteiger partial charge in [0.05, 0.1) is 7.11 Å². The third-order valence-corrected chi connectivity index (χ3v) is 6.21. The smallest absolute Gasteiger partial charge is 0.286 e. The maximum absolute atomic E-state index is 12.3. The molecule has 1 fully saturated rings. The molecule has 8 nitrogen and oxygen atoms in total. The Morgan fingerprint density at radius 1 is 1.10 bits per heavy atom. The molecule has 0 bridgehead atoms. The molecule has 168 valence electrons. The molecule has 2 heterocycles. The van der Waals surface area contributed by atoms with Crippen molar-refractivity contribution < 1.29 is 14.3 Å². The second kappa shape index (κ2) is 12.4. The summed E-state index contributed by atoms with van der Waals surface area (Å²) in [4.78, 5) is 26.8. The number of piperidine rings is 1. The summed E-state index contributed by atoms with van der Waals surface area (Å²) in [6, 6.07) is 7.09. The van der Waals surface area contributed by atoms with Gasteiger partial charge < -0.3 is 20.3 Å². The first-order valence-corrected chi connectivity index (χ1v) is 11.7. The Hall–Kier alpha value is -2.52. The number of aromatic nitrogens is 2. The molecule has 1 aromatic carbocycles.